The van der Waals surface area contributed by atoms with E-state index in [0.717, 1.165) is 9.79 Å². The third-order valence-electron chi connectivity index (χ3n) is 2.32. The van der Waals surface area contributed by atoms with Crippen LogP contribution in [-0.4, -0.2) is 11.7 Å². The van der Waals surface area contributed by atoms with E-state index in [0.29, 0.717) is 0 Å². The Kier molecular flexibility index (Phi) is 3.83. The lowest BCUT2D eigenvalue weighted by atomic mass is 10.4. The van der Waals surface area contributed by atoms with Crippen molar-refractivity contribution in [2.45, 2.75) is 9.79 Å². The molecule has 0 saturated carbocycles. The Morgan fingerprint density at radius 2 is 1.29 bits per heavy atom. The fraction of sp³-hybridized carbons (Fsp3) is 0.0714. The van der Waals surface area contributed by atoms with Crippen LogP contribution in [0.1, 0.15) is 0 Å². The molecule has 0 unspecified atom stereocenters. The standard InChI is InChI=1S/C14H12O2S/c15-14(16)11-17(12-7-3-1-4-8-12)13-9-5-2-6-10-13/h1-10H,11H2. The van der Waals surface area contributed by atoms with Gasteiger partial charge in [-0.15, -0.1) is 0 Å². The Balaban J connectivity index is 2.36. The summed E-state index contributed by atoms with van der Waals surface area (Å²) >= 11 is 0. The predicted molar refractivity (Wildman–Crippen MR) is 66.7 cm³/mol. The molecule has 0 N–H and O–H groups in total. The molecule has 0 heterocycles. The molecule has 0 aliphatic carbocycles. The second kappa shape index (κ2) is 5.55. The smallest absolute Gasteiger partial charge is 0.161 e. The molecule has 0 fully saturated rings. The van der Waals surface area contributed by atoms with Crippen molar-refractivity contribution >= 4 is 16.9 Å². The summed E-state index contributed by atoms with van der Waals surface area (Å²) in [5.41, 5.74) is 0. The SMILES string of the molecule is O=C([O-])C[S+](c1ccccc1)c1ccccc1. The first kappa shape index (κ1) is 11.7. The molecule has 0 spiro atoms. The van der Waals surface area contributed by atoms with Crippen LogP contribution >= 0.6 is 0 Å². The molecule has 17 heavy (non-hydrogen) atoms. The van der Waals surface area contributed by atoms with Crippen molar-refractivity contribution in [1.29, 1.82) is 0 Å². The van der Waals surface area contributed by atoms with Gasteiger partial charge in [0.05, 0.1) is 16.9 Å². The van der Waals surface area contributed by atoms with E-state index in [1.54, 1.807) is 0 Å². The van der Waals surface area contributed by atoms with Crippen molar-refractivity contribution in [3.05, 3.63) is 60.7 Å². The predicted octanol–water partition coefficient (Wildman–Crippen LogP) is 1.47. The molecule has 3 heteroatoms. The van der Waals surface area contributed by atoms with Crippen LogP contribution in [0.5, 0.6) is 0 Å². The van der Waals surface area contributed by atoms with Gasteiger partial charge in [-0.25, -0.2) is 0 Å². The fourth-order valence-corrected chi connectivity index (χ4v) is 3.40. The van der Waals surface area contributed by atoms with Gasteiger partial charge in [-0.05, 0) is 24.3 Å². The highest BCUT2D eigenvalue weighted by Crippen LogP contribution is 2.22. The summed E-state index contributed by atoms with van der Waals surface area (Å²) in [6.07, 6.45) is 0. The monoisotopic (exact) mass is 244 g/mol. The zero-order valence-corrected chi connectivity index (χ0v) is 10.0. The van der Waals surface area contributed by atoms with Gasteiger partial charge in [-0.1, -0.05) is 36.4 Å². The highest BCUT2D eigenvalue weighted by atomic mass is 32.2. The number of hydrogen-bond donors (Lipinski definition) is 0. The largest absolute Gasteiger partial charge is 0.545 e. The van der Waals surface area contributed by atoms with Gasteiger partial charge in [0.1, 0.15) is 0 Å². The van der Waals surface area contributed by atoms with E-state index >= 15 is 0 Å². The minimum Gasteiger partial charge on any atom is -0.545 e. The van der Waals surface area contributed by atoms with Gasteiger partial charge >= 0.3 is 0 Å². The molecule has 0 amide bonds. The molecule has 0 aromatic heterocycles. The van der Waals surface area contributed by atoms with Crippen LogP contribution in [0.4, 0.5) is 0 Å². The maximum Gasteiger partial charge on any atom is 0.161 e. The number of carbonyl (C=O) groups is 1. The van der Waals surface area contributed by atoms with Crippen molar-refractivity contribution < 1.29 is 9.90 Å². The fourth-order valence-electron chi connectivity index (χ4n) is 1.59. The van der Waals surface area contributed by atoms with Gasteiger partial charge in [-0.3, -0.25) is 0 Å². The molecule has 2 aromatic rings. The van der Waals surface area contributed by atoms with Crippen molar-refractivity contribution in [2.75, 3.05) is 5.75 Å². The van der Waals surface area contributed by atoms with E-state index in [9.17, 15) is 9.90 Å². The lowest BCUT2D eigenvalue weighted by Gasteiger charge is -2.08. The number of carbonyl (C=O) groups excluding carboxylic acids is 1. The van der Waals surface area contributed by atoms with Gasteiger partial charge in [0.25, 0.3) is 0 Å². The van der Waals surface area contributed by atoms with Gasteiger partial charge in [0.15, 0.2) is 15.5 Å². The van der Waals surface area contributed by atoms with Gasteiger partial charge < -0.3 is 9.90 Å². The zero-order valence-electron chi connectivity index (χ0n) is 9.21. The Morgan fingerprint density at radius 3 is 1.65 bits per heavy atom. The maximum absolute atomic E-state index is 10.9. The average molecular weight is 244 g/mol. The molecular weight excluding hydrogens is 232 g/mol. The molecule has 0 radical (unpaired) electrons. The van der Waals surface area contributed by atoms with Crippen molar-refractivity contribution in [3.63, 3.8) is 0 Å². The molecule has 0 aliphatic rings. The van der Waals surface area contributed by atoms with E-state index in [2.05, 4.69) is 0 Å². The Morgan fingerprint density at radius 1 is 0.882 bits per heavy atom. The normalized spacial score (nSPS) is 10.4. The van der Waals surface area contributed by atoms with Crippen LogP contribution in [0.25, 0.3) is 0 Å². The molecular formula is C14H12O2S. The van der Waals surface area contributed by atoms with Crippen LogP contribution in [0.15, 0.2) is 70.5 Å². The summed E-state index contributed by atoms with van der Waals surface area (Å²) in [4.78, 5) is 12.9. The number of hydrogen-bond acceptors (Lipinski definition) is 2. The molecule has 2 nitrogen and oxygen atoms in total. The van der Waals surface area contributed by atoms with Crippen LogP contribution < -0.4 is 5.11 Å². The van der Waals surface area contributed by atoms with E-state index in [1.165, 1.54) is 0 Å². The van der Waals surface area contributed by atoms with Crippen molar-refractivity contribution in [1.82, 2.24) is 0 Å². The molecule has 0 saturated heterocycles. The lowest BCUT2D eigenvalue weighted by Crippen LogP contribution is -2.30. The zero-order chi connectivity index (χ0) is 12.1. The number of carboxylic acid groups (broad SMARTS) is 1. The quantitative estimate of drug-likeness (QED) is 0.764. The van der Waals surface area contributed by atoms with E-state index in [-0.39, 0.29) is 5.75 Å². The first-order valence-electron chi connectivity index (χ1n) is 5.28. The topological polar surface area (TPSA) is 40.1 Å². The van der Waals surface area contributed by atoms with Crippen LogP contribution in [0.2, 0.25) is 0 Å². The molecule has 86 valence electrons. The number of aliphatic carboxylic acids is 1. The molecule has 0 bridgehead atoms. The van der Waals surface area contributed by atoms with Crippen LogP contribution in [-0.2, 0) is 15.7 Å². The van der Waals surface area contributed by atoms with Crippen molar-refractivity contribution in [2.24, 2.45) is 0 Å². The summed E-state index contributed by atoms with van der Waals surface area (Å²) < 4.78 is 0. The Hall–Kier alpha value is -1.74. The minimum atomic E-state index is -1.01. The second-order valence-electron chi connectivity index (χ2n) is 3.53. The average Bonchev–Trinajstić information content (AvgIpc) is 2.38. The highest BCUT2D eigenvalue weighted by Gasteiger charge is 2.24. The van der Waals surface area contributed by atoms with E-state index < -0.39 is 16.9 Å². The lowest BCUT2D eigenvalue weighted by molar-refractivity contribution is -0.301. The highest BCUT2D eigenvalue weighted by molar-refractivity contribution is 7.97. The Bertz CT molecular complexity index is 443. The summed E-state index contributed by atoms with van der Waals surface area (Å²) in [7, 11) is -0.443. The maximum atomic E-state index is 10.9. The van der Waals surface area contributed by atoms with E-state index in [1.807, 2.05) is 60.7 Å². The van der Waals surface area contributed by atoms with Gasteiger partial charge in [0, 0.05) is 0 Å². The summed E-state index contributed by atoms with van der Waals surface area (Å²) in [5.74, 6) is -0.977. The summed E-state index contributed by atoms with van der Waals surface area (Å²) in [6.45, 7) is 0. The Labute approximate surface area is 103 Å². The molecule has 0 atom stereocenters. The van der Waals surface area contributed by atoms with Gasteiger partial charge in [-0.2, -0.15) is 0 Å². The number of rotatable bonds is 4. The second-order valence-corrected chi connectivity index (χ2v) is 5.55. The first-order valence-corrected chi connectivity index (χ1v) is 6.67. The van der Waals surface area contributed by atoms with Gasteiger partial charge in [0.2, 0.25) is 0 Å². The third kappa shape index (κ3) is 3.11. The molecule has 2 rings (SSSR count). The van der Waals surface area contributed by atoms with Crippen LogP contribution in [0.3, 0.4) is 0 Å². The third-order valence-corrected chi connectivity index (χ3v) is 4.52. The minimum absolute atomic E-state index is 0.0357. The summed E-state index contributed by atoms with van der Waals surface area (Å²) in [5, 5.41) is 10.9. The number of benzene rings is 2. The van der Waals surface area contributed by atoms with Crippen LogP contribution in [0, 0.1) is 0 Å². The van der Waals surface area contributed by atoms with E-state index in [4.69, 9.17) is 0 Å². The number of carboxylic acids is 1. The molecule has 2 aromatic carbocycles. The first-order chi connectivity index (χ1) is 8.27. The molecule has 0 aliphatic heterocycles. The van der Waals surface area contributed by atoms with Crippen molar-refractivity contribution in [3.8, 4) is 0 Å². The summed E-state index contributed by atoms with van der Waals surface area (Å²) in [6, 6.07) is 19.4.